The number of hydrogen-bond donors (Lipinski definition) is 1. The van der Waals surface area contributed by atoms with Gasteiger partial charge in [0.1, 0.15) is 11.7 Å². The molecule has 0 saturated carbocycles. The molecule has 0 aromatic heterocycles. The molecule has 2 rings (SSSR count). The Hall–Kier alpha value is -2.19. The van der Waals surface area contributed by atoms with Gasteiger partial charge in [-0.05, 0) is 5.56 Å². The molecule has 1 aliphatic rings. The number of Topliss-reactive ketones (excluding diaryl/α,β-unsaturated/α-hetero) is 1. The van der Waals surface area contributed by atoms with Gasteiger partial charge in [-0.25, -0.2) is 4.85 Å². The molecule has 1 unspecified atom stereocenters. The summed E-state index contributed by atoms with van der Waals surface area (Å²) in [6, 6.07) is 7.24. The van der Waals surface area contributed by atoms with Gasteiger partial charge in [0, 0.05) is 26.1 Å². The normalized spacial score (nSPS) is 19.9. The first-order chi connectivity index (χ1) is 9.10. The van der Waals surface area contributed by atoms with Gasteiger partial charge in [-0.15, -0.1) is 0 Å². The number of hydrogen-bond acceptors (Lipinski definition) is 3. The third-order valence-corrected chi connectivity index (χ3v) is 3.25. The van der Waals surface area contributed by atoms with E-state index in [1.165, 1.54) is 0 Å². The molecule has 1 saturated heterocycles. The second-order valence-corrected chi connectivity index (χ2v) is 4.62. The van der Waals surface area contributed by atoms with Crippen molar-refractivity contribution in [3.8, 4) is 0 Å². The number of aliphatic carboxylic acids is 1. The lowest BCUT2D eigenvalue weighted by atomic mass is 9.96. The molecule has 1 aromatic carbocycles. The first-order valence-corrected chi connectivity index (χ1v) is 6.04. The van der Waals surface area contributed by atoms with E-state index in [0.717, 1.165) is 5.56 Å². The number of rotatable bonds is 3. The Morgan fingerprint density at radius 3 is 3.00 bits per heavy atom. The summed E-state index contributed by atoms with van der Waals surface area (Å²) in [6.07, 6.45) is 0.277. The molecule has 5 nitrogen and oxygen atoms in total. The molecule has 1 fully saturated rings. The van der Waals surface area contributed by atoms with Crippen molar-refractivity contribution in [1.82, 2.24) is 4.90 Å². The summed E-state index contributed by atoms with van der Waals surface area (Å²) >= 11 is 0. The quantitative estimate of drug-likeness (QED) is 0.662. The molecule has 98 valence electrons. The minimum atomic E-state index is -1.05. The number of nitrogens with zero attached hydrogens (tertiary/aromatic N) is 2. The van der Waals surface area contributed by atoms with Crippen molar-refractivity contribution in [2.75, 3.05) is 13.1 Å². The first kappa shape index (κ1) is 13.2. The smallest absolute Gasteiger partial charge is 0.315 e. The number of carbonyl (C=O) groups is 2. The molecule has 5 heteroatoms. The van der Waals surface area contributed by atoms with Gasteiger partial charge in [-0.3, -0.25) is 14.5 Å². The number of piperidine rings is 1. The van der Waals surface area contributed by atoms with Crippen LogP contribution in [0, 0.1) is 12.5 Å². The number of carboxylic acid groups (broad SMARTS) is 1. The van der Waals surface area contributed by atoms with Gasteiger partial charge in [0.05, 0.1) is 6.57 Å². The van der Waals surface area contributed by atoms with Gasteiger partial charge in [0.25, 0.3) is 0 Å². The Bertz CT molecular complexity index is 548. The highest BCUT2D eigenvalue weighted by atomic mass is 16.4. The van der Waals surface area contributed by atoms with Crippen LogP contribution in [-0.4, -0.2) is 34.8 Å². The summed E-state index contributed by atoms with van der Waals surface area (Å²) in [5.74, 6) is -2.17. The van der Waals surface area contributed by atoms with Gasteiger partial charge in [-0.1, -0.05) is 24.3 Å². The molecule has 0 aliphatic carbocycles. The average Bonchev–Trinajstić information content (AvgIpc) is 2.41. The number of carboxylic acids is 1. The highest BCUT2D eigenvalue weighted by Gasteiger charge is 2.32. The summed E-state index contributed by atoms with van der Waals surface area (Å²) in [5, 5.41) is 8.99. The molecule has 0 spiro atoms. The SMILES string of the molecule is [C-]#[N+]c1cccc(CN2CCC(=O)C(C(=O)O)C2)c1. The van der Waals surface area contributed by atoms with E-state index in [-0.39, 0.29) is 18.7 Å². The van der Waals surface area contributed by atoms with Crippen molar-refractivity contribution < 1.29 is 14.7 Å². The largest absolute Gasteiger partial charge is 0.481 e. The van der Waals surface area contributed by atoms with Crippen molar-refractivity contribution in [2.24, 2.45) is 5.92 Å². The fraction of sp³-hybridized carbons (Fsp3) is 0.357. The Morgan fingerprint density at radius 2 is 2.32 bits per heavy atom. The maximum atomic E-state index is 11.5. The maximum Gasteiger partial charge on any atom is 0.315 e. The lowest BCUT2D eigenvalue weighted by Crippen LogP contribution is -2.43. The molecule has 1 N–H and O–H groups in total. The number of benzene rings is 1. The fourth-order valence-electron chi connectivity index (χ4n) is 2.24. The Kier molecular flexibility index (Phi) is 3.93. The Labute approximate surface area is 111 Å². The molecule has 1 heterocycles. The molecule has 19 heavy (non-hydrogen) atoms. The number of carbonyl (C=O) groups excluding carboxylic acids is 1. The molecule has 0 bridgehead atoms. The van der Waals surface area contributed by atoms with E-state index in [4.69, 9.17) is 11.7 Å². The van der Waals surface area contributed by atoms with E-state index in [1.807, 2.05) is 17.0 Å². The van der Waals surface area contributed by atoms with Crippen LogP contribution in [0.15, 0.2) is 24.3 Å². The van der Waals surface area contributed by atoms with Crippen LogP contribution in [0.1, 0.15) is 12.0 Å². The highest BCUT2D eigenvalue weighted by molar-refractivity contribution is 5.99. The maximum absolute atomic E-state index is 11.5. The third-order valence-electron chi connectivity index (χ3n) is 3.25. The zero-order valence-corrected chi connectivity index (χ0v) is 10.4. The van der Waals surface area contributed by atoms with Gasteiger partial charge in [0.2, 0.25) is 0 Å². The molecule has 0 amide bonds. The van der Waals surface area contributed by atoms with Crippen LogP contribution in [0.3, 0.4) is 0 Å². The first-order valence-electron chi connectivity index (χ1n) is 6.04. The minimum absolute atomic E-state index is 0.196. The molecule has 0 radical (unpaired) electrons. The summed E-state index contributed by atoms with van der Waals surface area (Å²) < 4.78 is 0. The van der Waals surface area contributed by atoms with Crippen molar-refractivity contribution >= 4 is 17.4 Å². The monoisotopic (exact) mass is 258 g/mol. The van der Waals surface area contributed by atoms with Crippen LogP contribution in [0.25, 0.3) is 4.85 Å². The van der Waals surface area contributed by atoms with Gasteiger partial charge < -0.3 is 5.11 Å². The molecule has 1 atom stereocenters. The van der Waals surface area contributed by atoms with Crippen molar-refractivity contribution in [1.29, 1.82) is 0 Å². The van der Waals surface area contributed by atoms with Gasteiger partial charge in [-0.2, -0.15) is 0 Å². The van der Waals surface area contributed by atoms with Crippen molar-refractivity contribution in [3.05, 3.63) is 41.2 Å². The van der Waals surface area contributed by atoms with Gasteiger partial charge in [0.15, 0.2) is 5.69 Å². The number of ketones is 1. The lowest BCUT2D eigenvalue weighted by Gasteiger charge is -2.29. The van der Waals surface area contributed by atoms with Crippen LogP contribution in [0.4, 0.5) is 5.69 Å². The van der Waals surface area contributed by atoms with Crippen molar-refractivity contribution in [3.63, 3.8) is 0 Å². The molecular weight excluding hydrogens is 244 g/mol. The third kappa shape index (κ3) is 3.18. The summed E-state index contributed by atoms with van der Waals surface area (Å²) in [7, 11) is 0. The predicted octanol–water partition coefficient (Wildman–Crippen LogP) is 1.71. The molecular formula is C14H14N2O3. The van der Waals surface area contributed by atoms with E-state index in [0.29, 0.717) is 18.8 Å². The van der Waals surface area contributed by atoms with E-state index < -0.39 is 11.9 Å². The molecule has 1 aromatic rings. The summed E-state index contributed by atoms with van der Waals surface area (Å²) in [4.78, 5) is 27.8. The average molecular weight is 258 g/mol. The van der Waals surface area contributed by atoms with E-state index in [1.54, 1.807) is 12.1 Å². The van der Waals surface area contributed by atoms with Crippen LogP contribution < -0.4 is 0 Å². The van der Waals surface area contributed by atoms with Crippen molar-refractivity contribution in [2.45, 2.75) is 13.0 Å². The minimum Gasteiger partial charge on any atom is -0.481 e. The summed E-state index contributed by atoms with van der Waals surface area (Å²) in [5.41, 5.74) is 1.53. The zero-order valence-electron chi connectivity index (χ0n) is 10.4. The van der Waals surface area contributed by atoms with E-state index in [2.05, 4.69) is 4.85 Å². The highest BCUT2D eigenvalue weighted by Crippen LogP contribution is 2.19. The zero-order chi connectivity index (χ0) is 13.8. The Morgan fingerprint density at radius 1 is 1.53 bits per heavy atom. The summed E-state index contributed by atoms with van der Waals surface area (Å²) in [6.45, 7) is 8.35. The fourth-order valence-corrected chi connectivity index (χ4v) is 2.24. The van der Waals surface area contributed by atoms with E-state index >= 15 is 0 Å². The number of likely N-dealkylation sites (tertiary alicyclic amines) is 1. The lowest BCUT2D eigenvalue weighted by molar-refractivity contribution is -0.148. The van der Waals surface area contributed by atoms with Crippen LogP contribution in [0.2, 0.25) is 0 Å². The Balaban J connectivity index is 2.05. The van der Waals surface area contributed by atoms with Crippen LogP contribution in [0.5, 0.6) is 0 Å². The van der Waals surface area contributed by atoms with Crippen LogP contribution >= 0.6 is 0 Å². The van der Waals surface area contributed by atoms with Gasteiger partial charge >= 0.3 is 5.97 Å². The second-order valence-electron chi connectivity index (χ2n) is 4.62. The molecule has 1 aliphatic heterocycles. The van der Waals surface area contributed by atoms with Crippen LogP contribution in [-0.2, 0) is 16.1 Å². The van der Waals surface area contributed by atoms with E-state index in [9.17, 15) is 9.59 Å². The topological polar surface area (TPSA) is 62.0 Å². The standard InChI is InChI=1S/C14H14N2O3/c1-15-11-4-2-3-10(7-11)8-16-6-5-13(17)12(9-16)14(18)19/h2-4,7,12H,5-6,8-9H2,(H,18,19). The second kappa shape index (κ2) is 5.63. The predicted molar refractivity (Wildman–Crippen MR) is 68.7 cm³/mol.